The van der Waals surface area contributed by atoms with Gasteiger partial charge in [-0.05, 0) is 31.5 Å². The number of carbonyl (C=O) groups excluding carboxylic acids is 1. The number of nitrogens with zero attached hydrogens (tertiary/aromatic N) is 3. The predicted molar refractivity (Wildman–Crippen MR) is 93.8 cm³/mol. The van der Waals surface area contributed by atoms with E-state index in [0.29, 0.717) is 0 Å². The SMILES string of the molecule is C[C@H]([C@@H](C)S(C)(=O)=O)N(C)C(=O)Cc1cnn(-c2ccccc2)c1. The van der Waals surface area contributed by atoms with Crippen LogP contribution in [0.1, 0.15) is 19.4 Å². The fourth-order valence-corrected chi connectivity index (χ4v) is 3.27. The summed E-state index contributed by atoms with van der Waals surface area (Å²) < 4.78 is 25.0. The third-order valence-corrected chi connectivity index (χ3v) is 6.12. The monoisotopic (exact) mass is 349 g/mol. The van der Waals surface area contributed by atoms with Gasteiger partial charge in [-0.1, -0.05) is 18.2 Å². The number of rotatable bonds is 6. The largest absolute Gasteiger partial charge is 0.341 e. The quantitative estimate of drug-likeness (QED) is 0.796. The van der Waals surface area contributed by atoms with Crippen LogP contribution in [0.3, 0.4) is 0 Å². The maximum atomic E-state index is 12.4. The van der Waals surface area contributed by atoms with E-state index < -0.39 is 21.1 Å². The molecule has 2 rings (SSSR count). The number of amides is 1. The van der Waals surface area contributed by atoms with Gasteiger partial charge in [0.1, 0.15) is 0 Å². The molecular formula is C17H23N3O3S. The minimum absolute atomic E-state index is 0.134. The van der Waals surface area contributed by atoms with Gasteiger partial charge in [0.15, 0.2) is 9.84 Å². The molecular weight excluding hydrogens is 326 g/mol. The van der Waals surface area contributed by atoms with E-state index >= 15 is 0 Å². The van der Waals surface area contributed by atoms with Gasteiger partial charge >= 0.3 is 0 Å². The normalized spacial score (nSPS) is 14.2. The molecule has 1 heterocycles. The van der Waals surface area contributed by atoms with Gasteiger partial charge < -0.3 is 4.90 Å². The van der Waals surface area contributed by atoms with E-state index in [2.05, 4.69) is 5.10 Å². The molecule has 2 aromatic rings. The molecule has 0 aliphatic heterocycles. The highest BCUT2D eigenvalue weighted by atomic mass is 32.2. The maximum Gasteiger partial charge on any atom is 0.227 e. The lowest BCUT2D eigenvalue weighted by Gasteiger charge is -2.28. The topological polar surface area (TPSA) is 72.3 Å². The Morgan fingerprint density at radius 3 is 2.46 bits per heavy atom. The van der Waals surface area contributed by atoms with Gasteiger partial charge in [0.25, 0.3) is 0 Å². The number of benzene rings is 1. The second kappa shape index (κ2) is 7.17. The molecule has 1 amide bonds. The third kappa shape index (κ3) is 4.23. The molecule has 0 saturated heterocycles. The van der Waals surface area contributed by atoms with Crippen molar-refractivity contribution in [1.29, 1.82) is 0 Å². The van der Waals surface area contributed by atoms with Gasteiger partial charge in [0, 0.05) is 25.5 Å². The smallest absolute Gasteiger partial charge is 0.227 e. The molecule has 0 spiro atoms. The molecule has 0 radical (unpaired) electrons. The number of para-hydroxylation sites is 1. The minimum atomic E-state index is -3.20. The van der Waals surface area contributed by atoms with Crippen molar-refractivity contribution in [3.8, 4) is 5.69 Å². The molecule has 2 atom stereocenters. The summed E-state index contributed by atoms with van der Waals surface area (Å²) >= 11 is 0. The van der Waals surface area contributed by atoms with Crippen molar-refractivity contribution in [3.63, 3.8) is 0 Å². The Balaban J connectivity index is 2.06. The Morgan fingerprint density at radius 1 is 1.25 bits per heavy atom. The molecule has 24 heavy (non-hydrogen) atoms. The van der Waals surface area contributed by atoms with Gasteiger partial charge in [-0.15, -0.1) is 0 Å². The van der Waals surface area contributed by atoms with E-state index in [-0.39, 0.29) is 12.3 Å². The second-order valence-electron chi connectivity index (χ2n) is 6.09. The van der Waals surface area contributed by atoms with Crippen LogP contribution in [0.25, 0.3) is 5.69 Å². The first kappa shape index (κ1) is 18.2. The van der Waals surface area contributed by atoms with Gasteiger partial charge in [-0.25, -0.2) is 13.1 Å². The number of hydrogen-bond acceptors (Lipinski definition) is 4. The van der Waals surface area contributed by atoms with Crippen LogP contribution >= 0.6 is 0 Å². The molecule has 0 unspecified atom stereocenters. The molecule has 130 valence electrons. The number of aromatic nitrogens is 2. The molecule has 0 N–H and O–H groups in total. The second-order valence-corrected chi connectivity index (χ2v) is 8.49. The van der Waals surface area contributed by atoms with Crippen LogP contribution in [0.15, 0.2) is 42.7 Å². The lowest BCUT2D eigenvalue weighted by molar-refractivity contribution is -0.130. The summed E-state index contributed by atoms with van der Waals surface area (Å²) in [4.78, 5) is 13.9. The highest BCUT2D eigenvalue weighted by Gasteiger charge is 2.28. The summed E-state index contributed by atoms with van der Waals surface area (Å²) in [5, 5.41) is 3.66. The number of likely N-dealkylation sites (N-methyl/N-ethyl adjacent to an activating group) is 1. The first-order valence-electron chi connectivity index (χ1n) is 7.73. The Bertz CT molecular complexity index is 799. The van der Waals surface area contributed by atoms with E-state index in [1.807, 2.05) is 36.5 Å². The summed E-state index contributed by atoms with van der Waals surface area (Å²) in [6.45, 7) is 3.37. The zero-order chi connectivity index (χ0) is 17.9. The average molecular weight is 349 g/mol. The predicted octanol–water partition coefficient (Wildman–Crippen LogP) is 1.69. The molecule has 7 heteroatoms. The van der Waals surface area contributed by atoms with Crippen molar-refractivity contribution >= 4 is 15.7 Å². The van der Waals surface area contributed by atoms with Gasteiger partial charge in [-0.3, -0.25) is 4.79 Å². The fraction of sp³-hybridized carbons (Fsp3) is 0.412. The molecule has 1 aromatic carbocycles. The first-order valence-corrected chi connectivity index (χ1v) is 9.69. The summed E-state index contributed by atoms with van der Waals surface area (Å²) in [5.74, 6) is -0.134. The Kier molecular flexibility index (Phi) is 5.43. The zero-order valence-corrected chi connectivity index (χ0v) is 15.2. The molecule has 6 nitrogen and oxygen atoms in total. The van der Waals surface area contributed by atoms with Crippen molar-refractivity contribution in [1.82, 2.24) is 14.7 Å². The van der Waals surface area contributed by atoms with Crippen LogP contribution in [0.4, 0.5) is 0 Å². The minimum Gasteiger partial charge on any atom is -0.341 e. The average Bonchev–Trinajstić information content (AvgIpc) is 3.01. The van der Waals surface area contributed by atoms with Gasteiger partial charge in [0.2, 0.25) is 5.91 Å². The molecule has 0 aliphatic carbocycles. The van der Waals surface area contributed by atoms with E-state index in [1.54, 1.807) is 31.8 Å². The summed E-state index contributed by atoms with van der Waals surface area (Å²) in [5.41, 5.74) is 1.71. The molecule has 0 fully saturated rings. The highest BCUT2D eigenvalue weighted by molar-refractivity contribution is 7.91. The van der Waals surface area contributed by atoms with Crippen LogP contribution in [0.2, 0.25) is 0 Å². The number of carbonyl (C=O) groups is 1. The van der Waals surface area contributed by atoms with Gasteiger partial charge in [-0.2, -0.15) is 5.10 Å². The van der Waals surface area contributed by atoms with E-state index in [4.69, 9.17) is 0 Å². The Labute approximate surface area is 143 Å². The van der Waals surface area contributed by atoms with Crippen molar-refractivity contribution in [2.75, 3.05) is 13.3 Å². The van der Waals surface area contributed by atoms with Crippen LogP contribution in [-0.4, -0.2) is 53.6 Å². The van der Waals surface area contributed by atoms with Crippen molar-refractivity contribution < 1.29 is 13.2 Å². The van der Waals surface area contributed by atoms with Crippen LogP contribution in [0.5, 0.6) is 0 Å². The molecule has 0 bridgehead atoms. The number of sulfone groups is 1. The lowest BCUT2D eigenvalue weighted by atomic mass is 10.2. The van der Waals surface area contributed by atoms with E-state index in [9.17, 15) is 13.2 Å². The standard InChI is InChI=1S/C17H23N3O3S/c1-13(14(2)24(4,22)23)19(3)17(21)10-15-11-18-20(12-15)16-8-6-5-7-9-16/h5-9,11-14H,10H2,1-4H3/t13-,14-/m1/s1. The van der Waals surface area contributed by atoms with Crippen molar-refractivity contribution in [2.45, 2.75) is 31.6 Å². The third-order valence-electron chi connectivity index (χ3n) is 4.37. The fourth-order valence-electron chi connectivity index (χ4n) is 2.37. The number of hydrogen-bond donors (Lipinski definition) is 0. The Morgan fingerprint density at radius 2 is 1.88 bits per heavy atom. The van der Waals surface area contributed by atoms with E-state index in [0.717, 1.165) is 11.3 Å². The molecule has 1 aromatic heterocycles. The first-order chi connectivity index (χ1) is 11.2. The van der Waals surface area contributed by atoms with Gasteiger partial charge in [0.05, 0.1) is 23.6 Å². The van der Waals surface area contributed by atoms with E-state index in [1.165, 1.54) is 11.2 Å². The maximum absolute atomic E-state index is 12.4. The van der Waals surface area contributed by atoms with Crippen LogP contribution in [0, 0.1) is 0 Å². The van der Waals surface area contributed by atoms with Crippen molar-refractivity contribution in [3.05, 3.63) is 48.3 Å². The summed E-state index contributed by atoms with van der Waals surface area (Å²) in [6.07, 6.45) is 4.84. The summed E-state index contributed by atoms with van der Waals surface area (Å²) in [6, 6.07) is 9.24. The zero-order valence-electron chi connectivity index (χ0n) is 14.4. The lowest BCUT2D eigenvalue weighted by Crippen LogP contribution is -2.44. The summed E-state index contributed by atoms with van der Waals surface area (Å²) in [7, 11) is -1.56. The molecule has 0 saturated carbocycles. The Hall–Kier alpha value is -2.15. The van der Waals surface area contributed by atoms with Crippen LogP contribution < -0.4 is 0 Å². The van der Waals surface area contributed by atoms with Crippen molar-refractivity contribution in [2.24, 2.45) is 0 Å². The molecule has 0 aliphatic rings. The highest BCUT2D eigenvalue weighted by Crippen LogP contribution is 2.13. The van der Waals surface area contributed by atoms with Crippen LogP contribution in [-0.2, 0) is 21.1 Å².